The largest absolute Gasteiger partial charge is 0.364 e. The zero-order valence-corrected chi connectivity index (χ0v) is 20.2. The summed E-state index contributed by atoms with van der Waals surface area (Å²) in [7, 11) is 0. The van der Waals surface area contributed by atoms with Crippen LogP contribution in [0.4, 0.5) is 26.2 Å². The van der Waals surface area contributed by atoms with Gasteiger partial charge in [0.1, 0.15) is 23.0 Å². The molecule has 182 valence electrons. The van der Waals surface area contributed by atoms with Crippen molar-refractivity contribution >= 4 is 28.5 Å². The van der Waals surface area contributed by atoms with Gasteiger partial charge in [0.15, 0.2) is 5.82 Å². The van der Waals surface area contributed by atoms with Crippen LogP contribution in [0.1, 0.15) is 32.6 Å². The lowest BCUT2D eigenvalue weighted by molar-refractivity contribution is 0.500. The highest BCUT2D eigenvalue weighted by atomic mass is 19.1. The van der Waals surface area contributed by atoms with Crippen LogP contribution in [0.3, 0.4) is 0 Å². The molecule has 4 heterocycles. The van der Waals surface area contributed by atoms with E-state index in [1.807, 2.05) is 25.3 Å². The highest BCUT2D eigenvalue weighted by Crippen LogP contribution is 2.32. The van der Waals surface area contributed by atoms with Crippen molar-refractivity contribution in [1.82, 2.24) is 29.8 Å². The molecule has 5 rings (SSSR count). The fraction of sp³-hybridized carbons (Fsp3) is 0.360. The first-order valence-electron chi connectivity index (χ1n) is 11.7. The lowest BCUT2D eigenvalue weighted by Crippen LogP contribution is -2.50. The summed E-state index contributed by atoms with van der Waals surface area (Å²) in [5.74, 6) is 0.368. The number of imidazole rings is 1. The minimum Gasteiger partial charge on any atom is -0.364 e. The number of rotatable bonds is 5. The zero-order chi connectivity index (χ0) is 24.7. The third kappa shape index (κ3) is 4.41. The van der Waals surface area contributed by atoms with E-state index in [1.54, 1.807) is 18.5 Å². The van der Waals surface area contributed by atoms with Gasteiger partial charge in [-0.3, -0.25) is 0 Å². The van der Waals surface area contributed by atoms with Crippen molar-refractivity contribution in [2.24, 2.45) is 0 Å². The van der Waals surface area contributed by atoms with Gasteiger partial charge in [-0.25, -0.2) is 28.7 Å². The van der Waals surface area contributed by atoms with Crippen LogP contribution in [0.25, 0.3) is 22.2 Å². The molecule has 1 aliphatic rings. The first-order valence-corrected chi connectivity index (χ1v) is 11.7. The lowest BCUT2D eigenvalue weighted by atomic mass is 10.0. The Hall–Kier alpha value is -3.66. The standard InChI is InChI=1S/C25H28F2N8/c1-14(2)35-16(4)32-24-20(26)7-17(8-22(24)35)19-9-23(29-13-21(19)27)33-25-30-11-18(12-31-25)34-6-5-28-10-15(34)3/h7-9,11-15,28H,5-6,10H2,1-4H3,(H,29,30,31,33)/t15-/m1/s1. The summed E-state index contributed by atoms with van der Waals surface area (Å²) in [5.41, 5.74) is 2.48. The Balaban J connectivity index is 1.44. The lowest BCUT2D eigenvalue weighted by Gasteiger charge is -2.35. The summed E-state index contributed by atoms with van der Waals surface area (Å²) in [6.45, 7) is 10.7. The molecule has 1 atom stereocenters. The van der Waals surface area contributed by atoms with Crippen molar-refractivity contribution in [1.29, 1.82) is 0 Å². The van der Waals surface area contributed by atoms with Crippen LogP contribution < -0.4 is 15.5 Å². The van der Waals surface area contributed by atoms with E-state index in [2.05, 4.69) is 42.4 Å². The average Bonchev–Trinajstić information content (AvgIpc) is 3.18. The van der Waals surface area contributed by atoms with Gasteiger partial charge in [-0.1, -0.05) is 0 Å². The second kappa shape index (κ2) is 9.18. The van der Waals surface area contributed by atoms with Crippen LogP contribution in [-0.2, 0) is 0 Å². The molecule has 1 aromatic carbocycles. The third-order valence-corrected chi connectivity index (χ3v) is 6.32. The van der Waals surface area contributed by atoms with Crippen molar-refractivity contribution in [2.45, 2.75) is 39.8 Å². The van der Waals surface area contributed by atoms with Gasteiger partial charge in [-0.15, -0.1) is 0 Å². The van der Waals surface area contributed by atoms with E-state index in [-0.39, 0.29) is 17.1 Å². The number of pyridine rings is 1. The highest BCUT2D eigenvalue weighted by Gasteiger charge is 2.20. The molecule has 0 aliphatic carbocycles. The minimum absolute atomic E-state index is 0.0819. The number of aryl methyl sites for hydroxylation is 1. The van der Waals surface area contributed by atoms with E-state index >= 15 is 0 Å². The molecule has 0 saturated carbocycles. The molecule has 4 aromatic rings. The van der Waals surface area contributed by atoms with Crippen LogP contribution in [0.2, 0.25) is 0 Å². The Bertz CT molecular complexity index is 1370. The van der Waals surface area contributed by atoms with Crippen LogP contribution in [-0.4, -0.2) is 50.2 Å². The Morgan fingerprint density at radius 1 is 1.06 bits per heavy atom. The smallest absolute Gasteiger partial charge is 0.228 e. The number of piperazine rings is 1. The molecule has 10 heteroatoms. The quantitative estimate of drug-likeness (QED) is 0.434. The normalized spacial score (nSPS) is 16.3. The van der Waals surface area contributed by atoms with Crippen molar-refractivity contribution in [3.63, 3.8) is 0 Å². The van der Waals surface area contributed by atoms with Crippen molar-refractivity contribution in [2.75, 3.05) is 29.9 Å². The number of benzene rings is 1. The fourth-order valence-corrected chi connectivity index (χ4v) is 4.68. The number of hydrogen-bond donors (Lipinski definition) is 2. The van der Waals surface area contributed by atoms with Gasteiger partial charge in [-0.2, -0.15) is 0 Å². The summed E-state index contributed by atoms with van der Waals surface area (Å²) in [4.78, 5) is 19.5. The van der Waals surface area contributed by atoms with E-state index in [4.69, 9.17) is 0 Å². The predicted octanol–water partition coefficient (Wildman–Crippen LogP) is 4.60. The maximum Gasteiger partial charge on any atom is 0.228 e. The SMILES string of the molecule is Cc1nc2c(F)cc(-c3cc(Nc4ncc(N5CCNC[C@H]5C)cn4)ncc3F)cc2n1C(C)C. The van der Waals surface area contributed by atoms with Crippen LogP contribution in [0.5, 0.6) is 0 Å². The first-order chi connectivity index (χ1) is 16.8. The summed E-state index contributed by atoms with van der Waals surface area (Å²) in [6.07, 6.45) is 4.64. The number of hydrogen-bond acceptors (Lipinski definition) is 7. The molecule has 8 nitrogen and oxygen atoms in total. The molecular weight excluding hydrogens is 450 g/mol. The summed E-state index contributed by atoms with van der Waals surface area (Å²) >= 11 is 0. The molecule has 0 radical (unpaired) electrons. The number of aromatic nitrogens is 5. The van der Waals surface area contributed by atoms with Gasteiger partial charge in [0.25, 0.3) is 0 Å². The Kier molecular flexibility index (Phi) is 6.06. The minimum atomic E-state index is -0.550. The second-order valence-corrected chi connectivity index (χ2v) is 9.13. The van der Waals surface area contributed by atoms with Crippen molar-refractivity contribution < 1.29 is 8.78 Å². The monoisotopic (exact) mass is 478 g/mol. The van der Waals surface area contributed by atoms with E-state index in [0.717, 1.165) is 31.5 Å². The summed E-state index contributed by atoms with van der Waals surface area (Å²) in [5, 5.41) is 6.39. The van der Waals surface area contributed by atoms with E-state index in [1.165, 1.54) is 12.1 Å². The topological polar surface area (TPSA) is 83.8 Å². The molecule has 35 heavy (non-hydrogen) atoms. The summed E-state index contributed by atoms with van der Waals surface area (Å²) in [6, 6.07) is 5.04. The number of nitrogens with zero attached hydrogens (tertiary/aromatic N) is 6. The highest BCUT2D eigenvalue weighted by molar-refractivity contribution is 5.84. The Morgan fingerprint density at radius 3 is 2.54 bits per heavy atom. The van der Waals surface area contributed by atoms with Gasteiger partial charge in [0, 0.05) is 37.3 Å². The Morgan fingerprint density at radius 2 is 1.83 bits per heavy atom. The molecule has 0 bridgehead atoms. The van der Waals surface area contributed by atoms with Gasteiger partial charge < -0.3 is 20.1 Å². The molecule has 0 unspecified atom stereocenters. The van der Waals surface area contributed by atoms with E-state index in [9.17, 15) is 8.78 Å². The van der Waals surface area contributed by atoms with E-state index in [0.29, 0.717) is 34.7 Å². The fourth-order valence-electron chi connectivity index (χ4n) is 4.68. The predicted molar refractivity (Wildman–Crippen MR) is 133 cm³/mol. The first kappa shape index (κ1) is 23.1. The maximum absolute atomic E-state index is 14.9. The van der Waals surface area contributed by atoms with Crippen LogP contribution >= 0.6 is 0 Å². The van der Waals surface area contributed by atoms with E-state index < -0.39 is 11.6 Å². The van der Waals surface area contributed by atoms with Crippen LogP contribution in [0.15, 0.2) is 36.8 Å². The van der Waals surface area contributed by atoms with Crippen LogP contribution in [0, 0.1) is 18.6 Å². The molecule has 1 aliphatic heterocycles. The maximum atomic E-state index is 14.9. The van der Waals surface area contributed by atoms with Gasteiger partial charge >= 0.3 is 0 Å². The van der Waals surface area contributed by atoms with Gasteiger partial charge in [0.05, 0.1) is 29.8 Å². The number of halogens is 2. The van der Waals surface area contributed by atoms with Crippen molar-refractivity contribution in [3.8, 4) is 11.1 Å². The van der Waals surface area contributed by atoms with Gasteiger partial charge in [0.2, 0.25) is 5.95 Å². The summed E-state index contributed by atoms with van der Waals surface area (Å²) < 4.78 is 31.7. The number of nitrogens with one attached hydrogen (secondary N) is 2. The second-order valence-electron chi connectivity index (χ2n) is 9.13. The van der Waals surface area contributed by atoms with Gasteiger partial charge in [-0.05, 0) is 51.5 Å². The average molecular weight is 479 g/mol. The molecule has 0 spiro atoms. The Labute approximate surface area is 202 Å². The molecule has 3 aromatic heterocycles. The molecule has 1 saturated heterocycles. The number of fused-ring (bicyclic) bond motifs is 1. The third-order valence-electron chi connectivity index (χ3n) is 6.32. The number of anilines is 3. The molecular formula is C25H28F2N8. The molecule has 0 amide bonds. The molecule has 1 fully saturated rings. The molecule has 2 N–H and O–H groups in total. The van der Waals surface area contributed by atoms with Crippen molar-refractivity contribution in [3.05, 3.63) is 54.2 Å². The zero-order valence-electron chi connectivity index (χ0n) is 20.2.